The number of nitriles is 1. The van der Waals surface area contributed by atoms with Crippen molar-refractivity contribution in [3.05, 3.63) is 71.3 Å². The average molecular weight is 514 g/mol. The van der Waals surface area contributed by atoms with Crippen molar-refractivity contribution in [1.82, 2.24) is 9.80 Å². The predicted octanol–water partition coefficient (Wildman–Crippen LogP) is 5.95. The first-order valence-corrected chi connectivity index (χ1v) is 14.8. The molecule has 1 saturated carbocycles. The third kappa shape index (κ3) is 6.65. The highest BCUT2D eigenvalue weighted by Crippen LogP contribution is 2.38. The van der Waals surface area contributed by atoms with Crippen LogP contribution in [-0.4, -0.2) is 59.6 Å². The van der Waals surface area contributed by atoms with Crippen molar-refractivity contribution in [3.63, 3.8) is 0 Å². The highest BCUT2D eigenvalue weighted by atomic mass is 16.4. The molecule has 2 aliphatic heterocycles. The summed E-state index contributed by atoms with van der Waals surface area (Å²) in [7, 11) is 0. The van der Waals surface area contributed by atoms with Crippen molar-refractivity contribution < 1.29 is 9.90 Å². The van der Waals surface area contributed by atoms with Crippen LogP contribution in [-0.2, 0) is 11.2 Å². The zero-order valence-electron chi connectivity index (χ0n) is 22.7. The fraction of sp³-hybridized carbons (Fsp3) is 0.576. The number of hydrogen-bond donors (Lipinski definition) is 1. The monoisotopic (exact) mass is 513 g/mol. The van der Waals surface area contributed by atoms with Crippen LogP contribution in [0.1, 0.15) is 74.0 Å². The molecule has 202 valence electrons. The van der Waals surface area contributed by atoms with Crippen LogP contribution in [0.5, 0.6) is 0 Å². The molecule has 1 N–H and O–H groups in total. The number of hydrogen-bond acceptors (Lipinski definition) is 4. The first kappa shape index (κ1) is 26.9. The van der Waals surface area contributed by atoms with E-state index in [-0.39, 0.29) is 6.04 Å². The van der Waals surface area contributed by atoms with Crippen molar-refractivity contribution in [2.24, 2.45) is 17.8 Å². The molecular weight excluding hydrogens is 470 g/mol. The van der Waals surface area contributed by atoms with Crippen LogP contribution in [0.4, 0.5) is 0 Å². The number of rotatable bonds is 9. The number of likely N-dealkylation sites (tertiary alicyclic amines) is 2. The molecule has 38 heavy (non-hydrogen) atoms. The second kappa shape index (κ2) is 12.9. The van der Waals surface area contributed by atoms with Crippen LogP contribution in [0.25, 0.3) is 0 Å². The number of carbonyl (C=O) groups is 1. The lowest BCUT2D eigenvalue weighted by Gasteiger charge is -2.35. The van der Waals surface area contributed by atoms with E-state index in [9.17, 15) is 9.90 Å². The lowest BCUT2D eigenvalue weighted by Crippen LogP contribution is -2.46. The van der Waals surface area contributed by atoms with Gasteiger partial charge in [0.25, 0.3) is 0 Å². The predicted molar refractivity (Wildman–Crippen MR) is 151 cm³/mol. The minimum atomic E-state index is -0.618. The van der Waals surface area contributed by atoms with Crippen LogP contribution in [0.15, 0.2) is 54.6 Å². The standard InChI is InChI=1S/C33H43N3O2/c34-21-27-15-13-25(14-16-27)11-12-26-17-19-35(20-18-26)22-30-23-36(24-31(30)28-7-3-1-4-8-28)32(33(37)38)29-9-5-2-6-10-29/h1,3-4,7-8,13-16,26,29-32H,2,5-6,9-12,17-20,22-24H2,(H,37,38)/t30-,31+,32+/m0/s1. The minimum absolute atomic E-state index is 0.295. The fourth-order valence-electron chi connectivity index (χ4n) is 7.41. The van der Waals surface area contributed by atoms with E-state index < -0.39 is 5.97 Å². The van der Waals surface area contributed by atoms with Crippen molar-refractivity contribution in [2.75, 3.05) is 32.7 Å². The zero-order valence-corrected chi connectivity index (χ0v) is 22.7. The molecule has 2 aromatic carbocycles. The lowest BCUT2D eigenvalue weighted by atomic mass is 9.83. The van der Waals surface area contributed by atoms with E-state index in [1.807, 2.05) is 12.1 Å². The van der Waals surface area contributed by atoms with Gasteiger partial charge in [0.1, 0.15) is 6.04 Å². The van der Waals surface area contributed by atoms with Crippen LogP contribution >= 0.6 is 0 Å². The topological polar surface area (TPSA) is 67.6 Å². The molecule has 2 heterocycles. The fourth-order valence-corrected chi connectivity index (χ4v) is 7.41. The van der Waals surface area contributed by atoms with E-state index >= 15 is 0 Å². The maximum absolute atomic E-state index is 12.5. The molecule has 5 heteroatoms. The first-order chi connectivity index (χ1) is 18.6. The van der Waals surface area contributed by atoms with Gasteiger partial charge in [0.15, 0.2) is 0 Å². The van der Waals surface area contributed by atoms with Crippen LogP contribution in [0, 0.1) is 29.1 Å². The number of carboxylic acid groups (broad SMARTS) is 1. The Labute approximate surface area is 228 Å². The van der Waals surface area contributed by atoms with Crippen LogP contribution in [0.2, 0.25) is 0 Å². The summed E-state index contributed by atoms with van der Waals surface area (Å²) in [5.41, 5.74) is 3.42. The summed E-state index contributed by atoms with van der Waals surface area (Å²) in [6.07, 6.45) is 10.5. The van der Waals surface area contributed by atoms with Gasteiger partial charge in [0, 0.05) is 25.6 Å². The van der Waals surface area contributed by atoms with Crippen LogP contribution < -0.4 is 0 Å². The third-order valence-electron chi connectivity index (χ3n) is 9.56. The molecule has 0 amide bonds. The Morgan fingerprint density at radius 1 is 0.947 bits per heavy atom. The average Bonchev–Trinajstić information content (AvgIpc) is 3.36. The van der Waals surface area contributed by atoms with Gasteiger partial charge in [-0.05, 0) is 92.6 Å². The number of nitrogens with zero attached hydrogens (tertiary/aromatic N) is 3. The molecule has 3 fully saturated rings. The minimum Gasteiger partial charge on any atom is -0.480 e. The van der Waals surface area contributed by atoms with Gasteiger partial charge in [-0.15, -0.1) is 0 Å². The number of benzene rings is 2. The van der Waals surface area contributed by atoms with E-state index in [2.05, 4.69) is 58.3 Å². The third-order valence-corrected chi connectivity index (χ3v) is 9.56. The molecule has 3 aliphatic rings. The maximum Gasteiger partial charge on any atom is 0.321 e. The van der Waals surface area contributed by atoms with Gasteiger partial charge in [-0.1, -0.05) is 61.7 Å². The van der Waals surface area contributed by atoms with Gasteiger partial charge in [-0.2, -0.15) is 5.26 Å². The summed E-state index contributed by atoms with van der Waals surface area (Å²) >= 11 is 0. The van der Waals surface area contributed by atoms with Gasteiger partial charge in [0.2, 0.25) is 0 Å². The second-order valence-corrected chi connectivity index (χ2v) is 12.0. The molecule has 2 saturated heterocycles. The van der Waals surface area contributed by atoms with Gasteiger partial charge in [0.05, 0.1) is 11.6 Å². The zero-order chi connectivity index (χ0) is 26.3. The smallest absolute Gasteiger partial charge is 0.321 e. The summed E-state index contributed by atoms with van der Waals surface area (Å²) in [5, 5.41) is 19.3. The Morgan fingerprint density at radius 2 is 1.66 bits per heavy atom. The molecule has 5 rings (SSSR count). The molecule has 0 aromatic heterocycles. The van der Waals surface area contributed by atoms with E-state index in [1.54, 1.807) is 0 Å². The number of aliphatic carboxylic acids is 1. The van der Waals surface area contributed by atoms with E-state index in [0.717, 1.165) is 63.5 Å². The summed E-state index contributed by atoms with van der Waals surface area (Å²) in [6.45, 7) is 5.10. The molecular formula is C33H43N3O2. The van der Waals surface area contributed by atoms with Gasteiger partial charge in [-0.3, -0.25) is 9.69 Å². The SMILES string of the molecule is N#Cc1ccc(CCC2CCN(C[C@H]3CN([C@@H](C(=O)O)C4CCCCC4)C[C@@H]3c3ccccc3)CC2)cc1. The Hall–Kier alpha value is -2.68. The Bertz CT molecular complexity index is 1070. The van der Waals surface area contributed by atoms with Crippen LogP contribution in [0.3, 0.4) is 0 Å². The quantitative estimate of drug-likeness (QED) is 0.449. The molecule has 0 bridgehead atoms. The largest absolute Gasteiger partial charge is 0.480 e. The van der Waals surface area contributed by atoms with E-state index in [4.69, 9.17) is 5.26 Å². The van der Waals surface area contributed by atoms with Crippen molar-refractivity contribution in [3.8, 4) is 6.07 Å². The molecule has 0 radical (unpaired) electrons. The second-order valence-electron chi connectivity index (χ2n) is 12.0. The maximum atomic E-state index is 12.5. The first-order valence-electron chi connectivity index (χ1n) is 14.8. The van der Waals surface area contributed by atoms with Gasteiger partial charge >= 0.3 is 5.97 Å². The molecule has 3 atom stereocenters. The Kier molecular flexibility index (Phi) is 9.14. The Morgan fingerprint density at radius 3 is 2.32 bits per heavy atom. The van der Waals surface area contributed by atoms with Crippen molar-refractivity contribution in [2.45, 2.75) is 69.7 Å². The highest BCUT2D eigenvalue weighted by molar-refractivity contribution is 5.74. The number of carboxylic acids is 1. The Balaban J connectivity index is 1.19. The molecule has 0 unspecified atom stereocenters. The van der Waals surface area contributed by atoms with E-state index in [0.29, 0.717) is 17.8 Å². The lowest BCUT2D eigenvalue weighted by molar-refractivity contribution is -0.145. The number of piperidine rings is 1. The number of aryl methyl sites for hydroxylation is 1. The summed E-state index contributed by atoms with van der Waals surface area (Å²) in [5.74, 6) is 1.30. The molecule has 0 spiro atoms. The summed E-state index contributed by atoms with van der Waals surface area (Å²) in [4.78, 5) is 17.5. The molecule has 5 nitrogen and oxygen atoms in total. The highest BCUT2D eigenvalue weighted by Gasteiger charge is 2.43. The van der Waals surface area contributed by atoms with Gasteiger partial charge < -0.3 is 10.0 Å². The van der Waals surface area contributed by atoms with Gasteiger partial charge in [-0.25, -0.2) is 0 Å². The normalized spacial score (nSPS) is 24.7. The molecule has 1 aliphatic carbocycles. The summed E-state index contributed by atoms with van der Waals surface area (Å²) < 4.78 is 0. The van der Waals surface area contributed by atoms with E-state index in [1.165, 1.54) is 49.7 Å². The molecule has 2 aromatic rings. The van der Waals surface area contributed by atoms with Crippen molar-refractivity contribution in [1.29, 1.82) is 5.26 Å². The van der Waals surface area contributed by atoms with Crippen molar-refractivity contribution >= 4 is 5.97 Å². The summed E-state index contributed by atoms with van der Waals surface area (Å²) in [6, 6.07) is 20.7.